The second kappa shape index (κ2) is 5.63. The zero-order chi connectivity index (χ0) is 14.7. The number of aromatic carboxylic acids is 1. The molecule has 6 heteroatoms. The van der Waals surface area contributed by atoms with E-state index < -0.39 is 11.9 Å². The molecule has 0 aliphatic carbocycles. The summed E-state index contributed by atoms with van der Waals surface area (Å²) >= 11 is 5.79. The van der Waals surface area contributed by atoms with Crippen LogP contribution in [0.1, 0.15) is 20.7 Å². The first-order valence-corrected chi connectivity index (χ1v) is 5.98. The Morgan fingerprint density at radius 2 is 1.85 bits per heavy atom. The summed E-state index contributed by atoms with van der Waals surface area (Å²) in [6, 6.07) is 9.95. The van der Waals surface area contributed by atoms with E-state index in [0.29, 0.717) is 10.6 Å². The minimum atomic E-state index is -1.25. The molecule has 3 N–H and O–H groups in total. The summed E-state index contributed by atoms with van der Waals surface area (Å²) in [7, 11) is 0. The van der Waals surface area contributed by atoms with Gasteiger partial charge >= 0.3 is 5.97 Å². The summed E-state index contributed by atoms with van der Waals surface area (Å²) in [5, 5.41) is 21.2. The number of carboxylic acids is 1. The summed E-state index contributed by atoms with van der Waals surface area (Å²) in [5.41, 5.74) is 0.211. The van der Waals surface area contributed by atoms with Crippen LogP contribution in [0.15, 0.2) is 42.5 Å². The standard InChI is InChI=1S/C14H10ClNO4/c15-9-3-1-2-8(6-9)13(18)16-12-5-4-10(17)7-11(12)14(19)20/h1-7,17H,(H,16,18)(H,19,20). The molecular formula is C14H10ClNO4. The Kier molecular flexibility index (Phi) is 3.91. The maximum absolute atomic E-state index is 12.0. The topological polar surface area (TPSA) is 86.6 Å². The van der Waals surface area contributed by atoms with E-state index in [2.05, 4.69) is 5.32 Å². The predicted octanol–water partition coefficient (Wildman–Crippen LogP) is 3.00. The lowest BCUT2D eigenvalue weighted by Gasteiger charge is -2.09. The monoisotopic (exact) mass is 291 g/mol. The lowest BCUT2D eigenvalue weighted by atomic mass is 10.1. The third-order valence-corrected chi connectivity index (χ3v) is 2.80. The largest absolute Gasteiger partial charge is 0.508 e. The Morgan fingerprint density at radius 3 is 2.50 bits per heavy atom. The number of rotatable bonds is 3. The number of amides is 1. The molecule has 0 aliphatic rings. The van der Waals surface area contributed by atoms with E-state index in [1.54, 1.807) is 18.2 Å². The van der Waals surface area contributed by atoms with Gasteiger partial charge in [0, 0.05) is 10.6 Å². The number of aromatic hydroxyl groups is 1. The van der Waals surface area contributed by atoms with Crippen LogP contribution in [-0.2, 0) is 0 Å². The molecule has 102 valence electrons. The first kappa shape index (κ1) is 13.9. The van der Waals surface area contributed by atoms with Gasteiger partial charge in [-0.25, -0.2) is 4.79 Å². The third kappa shape index (κ3) is 3.07. The van der Waals surface area contributed by atoms with Crippen LogP contribution >= 0.6 is 11.6 Å². The van der Waals surface area contributed by atoms with Crippen molar-refractivity contribution >= 4 is 29.2 Å². The minimum Gasteiger partial charge on any atom is -0.508 e. The van der Waals surface area contributed by atoms with Crippen LogP contribution in [0, 0.1) is 0 Å². The van der Waals surface area contributed by atoms with Crippen molar-refractivity contribution in [2.75, 3.05) is 5.32 Å². The molecule has 0 aromatic heterocycles. The average Bonchev–Trinajstić information content (AvgIpc) is 2.40. The van der Waals surface area contributed by atoms with Gasteiger partial charge in [-0.3, -0.25) is 4.79 Å². The highest BCUT2D eigenvalue weighted by Crippen LogP contribution is 2.22. The Morgan fingerprint density at radius 1 is 1.10 bits per heavy atom. The first-order chi connectivity index (χ1) is 9.47. The summed E-state index contributed by atoms with van der Waals surface area (Å²) in [6.07, 6.45) is 0. The van der Waals surface area contributed by atoms with Gasteiger partial charge in [0.25, 0.3) is 5.91 Å². The molecule has 2 aromatic rings. The van der Waals surface area contributed by atoms with Crippen LogP contribution in [0.5, 0.6) is 5.75 Å². The van der Waals surface area contributed by atoms with Crippen molar-refractivity contribution in [3.63, 3.8) is 0 Å². The highest BCUT2D eigenvalue weighted by Gasteiger charge is 2.14. The van der Waals surface area contributed by atoms with Crippen molar-refractivity contribution in [1.82, 2.24) is 0 Å². The maximum Gasteiger partial charge on any atom is 0.337 e. The summed E-state index contributed by atoms with van der Waals surface area (Å²) in [5.74, 6) is -1.92. The zero-order valence-corrected chi connectivity index (χ0v) is 10.9. The number of hydrogen-bond donors (Lipinski definition) is 3. The van der Waals surface area contributed by atoms with Crippen molar-refractivity contribution in [2.24, 2.45) is 0 Å². The van der Waals surface area contributed by atoms with Gasteiger partial charge in [0.1, 0.15) is 5.75 Å². The number of halogens is 1. The van der Waals surface area contributed by atoms with Crippen LogP contribution in [0.4, 0.5) is 5.69 Å². The lowest BCUT2D eigenvalue weighted by Crippen LogP contribution is -2.14. The molecule has 0 unspecified atom stereocenters. The number of anilines is 1. The van der Waals surface area contributed by atoms with E-state index in [1.165, 1.54) is 18.2 Å². The van der Waals surface area contributed by atoms with E-state index >= 15 is 0 Å². The number of nitrogens with one attached hydrogen (secondary N) is 1. The summed E-state index contributed by atoms with van der Waals surface area (Å²) in [6.45, 7) is 0. The fraction of sp³-hybridized carbons (Fsp3) is 0. The van der Waals surface area contributed by atoms with Gasteiger partial charge in [0.05, 0.1) is 11.3 Å². The Balaban J connectivity index is 2.30. The van der Waals surface area contributed by atoms with Crippen molar-refractivity contribution in [3.8, 4) is 5.75 Å². The molecule has 0 atom stereocenters. The zero-order valence-electron chi connectivity index (χ0n) is 10.1. The van der Waals surface area contributed by atoms with Crippen LogP contribution in [0.25, 0.3) is 0 Å². The molecular weight excluding hydrogens is 282 g/mol. The van der Waals surface area contributed by atoms with E-state index in [0.717, 1.165) is 6.07 Å². The molecule has 0 bridgehead atoms. The normalized spacial score (nSPS) is 10.1. The number of carbonyl (C=O) groups excluding carboxylic acids is 1. The van der Waals surface area contributed by atoms with Gasteiger partial charge in [-0.2, -0.15) is 0 Å². The van der Waals surface area contributed by atoms with Crippen LogP contribution in [0.3, 0.4) is 0 Å². The molecule has 5 nitrogen and oxygen atoms in total. The summed E-state index contributed by atoms with van der Waals surface area (Å²) in [4.78, 5) is 23.1. The highest BCUT2D eigenvalue weighted by molar-refractivity contribution is 6.31. The number of benzene rings is 2. The number of phenols is 1. The minimum absolute atomic E-state index is 0.0975. The predicted molar refractivity (Wildman–Crippen MR) is 74.5 cm³/mol. The Hall–Kier alpha value is -2.53. The average molecular weight is 292 g/mol. The highest BCUT2D eigenvalue weighted by atomic mass is 35.5. The van der Waals surface area contributed by atoms with Gasteiger partial charge in [-0.15, -0.1) is 0 Å². The van der Waals surface area contributed by atoms with Crippen molar-refractivity contribution < 1.29 is 19.8 Å². The molecule has 2 rings (SSSR count). The molecule has 0 spiro atoms. The summed E-state index contributed by atoms with van der Waals surface area (Å²) < 4.78 is 0. The van der Waals surface area contributed by atoms with E-state index in [-0.39, 0.29) is 17.0 Å². The first-order valence-electron chi connectivity index (χ1n) is 5.60. The van der Waals surface area contributed by atoms with Crippen LogP contribution in [0.2, 0.25) is 5.02 Å². The van der Waals surface area contributed by atoms with Crippen molar-refractivity contribution in [3.05, 3.63) is 58.6 Å². The number of carbonyl (C=O) groups is 2. The second-order valence-electron chi connectivity index (χ2n) is 4.00. The van der Waals surface area contributed by atoms with E-state index in [1.807, 2.05) is 0 Å². The fourth-order valence-corrected chi connectivity index (χ4v) is 1.83. The Labute approximate surface area is 119 Å². The number of phenolic OH excluding ortho intramolecular Hbond substituents is 1. The second-order valence-corrected chi connectivity index (χ2v) is 4.44. The molecule has 0 radical (unpaired) electrons. The Bertz CT molecular complexity index is 685. The number of carboxylic acid groups (broad SMARTS) is 1. The molecule has 0 heterocycles. The van der Waals surface area contributed by atoms with Gasteiger partial charge in [0.2, 0.25) is 0 Å². The maximum atomic E-state index is 12.0. The number of hydrogen-bond acceptors (Lipinski definition) is 3. The smallest absolute Gasteiger partial charge is 0.337 e. The molecule has 0 fully saturated rings. The van der Waals surface area contributed by atoms with Crippen molar-refractivity contribution in [1.29, 1.82) is 0 Å². The van der Waals surface area contributed by atoms with Gasteiger partial charge in [-0.05, 0) is 36.4 Å². The SMILES string of the molecule is O=C(Nc1ccc(O)cc1C(=O)O)c1cccc(Cl)c1. The van der Waals surface area contributed by atoms with Gasteiger partial charge in [-0.1, -0.05) is 17.7 Å². The van der Waals surface area contributed by atoms with Crippen LogP contribution in [-0.4, -0.2) is 22.1 Å². The lowest BCUT2D eigenvalue weighted by molar-refractivity contribution is 0.0697. The molecule has 2 aromatic carbocycles. The van der Waals surface area contributed by atoms with E-state index in [9.17, 15) is 14.7 Å². The molecule has 20 heavy (non-hydrogen) atoms. The quantitative estimate of drug-likeness (QED) is 0.759. The van der Waals surface area contributed by atoms with Crippen molar-refractivity contribution in [2.45, 2.75) is 0 Å². The molecule has 0 saturated heterocycles. The molecule has 0 aliphatic heterocycles. The van der Waals surface area contributed by atoms with E-state index in [4.69, 9.17) is 16.7 Å². The van der Waals surface area contributed by atoms with Crippen LogP contribution < -0.4 is 5.32 Å². The fourth-order valence-electron chi connectivity index (χ4n) is 1.64. The molecule has 0 saturated carbocycles. The molecule has 1 amide bonds. The van der Waals surface area contributed by atoms with Gasteiger partial charge in [0.15, 0.2) is 0 Å². The van der Waals surface area contributed by atoms with Gasteiger partial charge < -0.3 is 15.5 Å². The third-order valence-electron chi connectivity index (χ3n) is 2.57.